The average molecular weight is 380 g/mol. The van der Waals surface area contributed by atoms with Crippen LogP contribution in [-0.2, 0) is 20.9 Å². The molecule has 0 aliphatic carbocycles. The first-order chi connectivity index (χ1) is 13.8. The lowest BCUT2D eigenvalue weighted by Crippen LogP contribution is -2.45. The molecule has 0 saturated carbocycles. The number of pyridine rings is 1. The Bertz CT molecular complexity index is 901. The summed E-state index contributed by atoms with van der Waals surface area (Å²) in [5, 5.41) is 4.04. The number of nitrogens with zero attached hydrogens (tertiary/aromatic N) is 4. The van der Waals surface area contributed by atoms with Crippen LogP contribution in [0.15, 0.2) is 59.4 Å². The Kier molecular flexibility index (Phi) is 5.69. The zero-order valence-corrected chi connectivity index (χ0v) is 15.2. The summed E-state index contributed by atoms with van der Waals surface area (Å²) in [7, 11) is 0. The first kappa shape index (κ1) is 18.3. The van der Waals surface area contributed by atoms with Crippen LogP contribution >= 0.6 is 0 Å². The topological polar surface area (TPSA) is 90.6 Å². The fraction of sp³-hybridized carbons (Fsp3) is 0.300. The van der Waals surface area contributed by atoms with Gasteiger partial charge in [0.1, 0.15) is 12.6 Å². The molecule has 28 heavy (non-hydrogen) atoms. The van der Waals surface area contributed by atoms with E-state index in [0.29, 0.717) is 38.1 Å². The molecule has 0 radical (unpaired) electrons. The van der Waals surface area contributed by atoms with Crippen molar-refractivity contribution in [1.82, 2.24) is 20.0 Å². The quantitative estimate of drug-likeness (QED) is 0.648. The molecule has 1 aliphatic heterocycles. The maximum absolute atomic E-state index is 12.7. The summed E-state index contributed by atoms with van der Waals surface area (Å²) in [5.41, 5.74) is 1.77. The highest BCUT2D eigenvalue weighted by Gasteiger charge is 2.33. The average Bonchev–Trinajstić information content (AvgIpc) is 3.25. The van der Waals surface area contributed by atoms with Crippen molar-refractivity contribution in [3.63, 3.8) is 0 Å². The minimum Gasteiger partial charge on any atom is -0.377 e. The number of hydrogen-bond acceptors (Lipinski definition) is 7. The van der Waals surface area contributed by atoms with Crippen LogP contribution in [0.25, 0.3) is 11.4 Å². The van der Waals surface area contributed by atoms with Crippen molar-refractivity contribution in [2.75, 3.05) is 26.4 Å². The summed E-state index contributed by atoms with van der Waals surface area (Å²) in [4.78, 5) is 22.9. The van der Waals surface area contributed by atoms with Gasteiger partial charge in [-0.2, -0.15) is 4.98 Å². The number of morpholine rings is 1. The zero-order chi connectivity index (χ0) is 19.2. The van der Waals surface area contributed by atoms with E-state index in [4.69, 9.17) is 14.0 Å². The van der Waals surface area contributed by atoms with E-state index in [1.807, 2.05) is 42.5 Å². The van der Waals surface area contributed by atoms with E-state index < -0.39 is 6.04 Å². The van der Waals surface area contributed by atoms with Crippen LogP contribution in [0.5, 0.6) is 0 Å². The second-order valence-corrected chi connectivity index (χ2v) is 6.35. The van der Waals surface area contributed by atoms with Gasteiger partial charge in [0.25, 0.3) is 5.89 Å². The third-order valence-corrected chi connectivity index (χ3v) is 4.42. The van der Waals surface area contributed by atoms with Crippen molar-refractivity contribution < 1.29 is 18.8 Å². The van der Waals surface area contributed by atoms with Crippen LogP contribution in [0.1, 0.15) is 17.5 Å². The normalized spacial score (nSPS) is 16.9. The van der Waals surface area contributed by atoms with Crippen molar-refractivity contribution in [1.29, 1.82) is 0 Å². The fourth-order valence-electron chi connectivity index (χ4n) is 3.00. The van der Waals surface area contributed by atoms with Gasteiger partial charge in [0.2, 0.25) is 11.7 Å². The number of hydrogen-bond donors (Lipinski definition) is 0. The smallest absolute Gasteiger partial charge is 0.252 e. The van der Waals surface area contributed by atoms with Crippen LogP contribution < -0.4 is 0 Å². The Hall–Kier alpha value is -3.10. The van der Waals surface area contributed by atoms with Gasteiger partial charge in [-0.3, -0.25) is 9.78 Å². The van der Waals surface area contributed by atoms with Crippen LogP contribution in [0.4, 0.5) is 0 Å². The molecule has 0 bridgehead atoms. The van der Waals surface area contributed by atoms with Crippen molar-refractivity contribution in [2.45, 2.75) is 12.6 Å². The lowest BCUT2D eigenvalue weighted by atomic mass is 10.2. The highest BCUT2D eigenvalue weighted by atomic mass is 16.5. The second kappa shape index (κ2) is 8.73. The molecule has 1 atom stereocenters. The maximum atomic E-state index is 12.7. The number of carbonyl (C=O) groups excluding carboxylic acids is 1. The van der Waals surface area contributed by atoms with E-state index in [1.165, 1.54) is 0 Å². The summed E-state index contributed by atoms with van der Waals surface area (Å²) in [6.45, 7) is 1.51. The first-order valence-corrected chi connectivity index (χ1v) is 9.04. The highest BCUT2D eigenvalue weighted by Crippen LogP contribution is 2.25. The predicted molar refractivity (Wildman–Crippen MR) is 98.9 cm³/mol. The van der Waals surface area contributed by atoms with Gasteiger partial charge in [0.15, 0.2) is 0 Å². The number of rotatable bonds is 6. The predicted octanol–water partition coefficient (Wildman–Crippen LogP) is 2.25. The number of aromatic nitrogens is 3. The summed E-state index contributed by atoms with van der Waals surface area (Å²) >= 11 is 0. The highest BCUT2D eigenvalue weighted by molar-refractivity contribution is 5.78. The molecule has 1 aromatic carbocycles. The van der Waals surface area contributed by atoms with Gasteiger partial charge >= 0.3 is 0 Å². The van der Waals surface area contributed by atoms with Crippen LogP contribution in [0, 0.1) is 0 Å². The summed E-state index contributed by atoms with van der Waals surface area (Å²) in [5.74, 6) is 0.706. The first-order valence-electron chi connectivity index (χ1n) is 9.04. The van der Waals surface area contributed by atoms with E-state index in [2.05, 4.69) is 15.1 Å². The monoisotopic (exact) mass is 380 g/mol. The van der Waals surface area contributed by atoms with Gasteiger partial charge < -0.3 is 18.9 Å². The van der Waals surface area contributed by atoms with Gasteiger partial charge in [0, 0.05) is 24.5 Å². The lowest BCUT2D eigenvalue weighted by molar-refractivity contribution is -0.146. The molecule has 0 spiro atoms. The molecular formula is C20H20N4O4. The van der Waals surface area contributed by atoms with E-state index in [9.17, 15) is 4.79 Å². The Labute approximate surface area is 162 Å². The third kappa shape index (κ3) is 4.24. The maximum Gasteiger partial charge on any atom is 0.252 e. The summed E-state index contributed by atoms with van der Waals surface area (Å²) in [6, 6.07) is 12.9. The second-order valence-electron chi connectivity index (χ2n) is 6.35. The van der Waals surface area contributed by atoms with Gasteiger partial charge in [-0.05, 0) is 11.6 Å². The zero-order valence-electron chi connectivity index (χ0n) is 15.2. The Morgan fingerprint density at radius 2 is 2.11 bits per heavy atom. The summed E-state index contributed by atoms with van der Waals surface area (Å²) < 4.78 is 16.5. The van der Waals surface area contributed by atoms with Gasteiger partial charge in [-0.15, -0.1) is 0 Å². The number of amides is 1. The van der Waals surface area contributed by atoms with E-state index in [0.717, 1.165) is 11.1 Å². The molecule has 3 aromatic rings. The van der Waals surface area contributed by atoms with Crippen molar-refractivity contribution in [2.24, 2.45) is 0 Å². The fourth-order valence-corrected chi connectivity index (χ4v) is 3.00. The van der Waals surface area contributed by atoms with E-state index >= 15 is 0 Å². The van der Waals surface area contributed by atoms with Gasteiger partial charge in [-0.25, -0.2) is 0 Å². The van der Waals surface area contributed by atoms with Crippen molar-refractivity contribution >= 4 is 5.91 Å². The standard InChI is InChI=1S/C20H20N4O4/c25-18(14-27-12-15-5-4-8-21-11-15)24-9-10-26-13-17(24)20-22-19(23-28-20)16-6-2-1-3-7-16/h1-8,11,17H,9-10,12-14H2. The molecule has 1 fully saturated rings. The molecule has 1 aliphatic rings. The summed E-state index contributed by atoms with van der Waals surface area (Å²) in [6.07, 6.45) is 3.41. The van der Waals surface area contributed by atoms with Gasteiger partial charge in [0.05, 0.1) is 19.8 Å². The SMILES string of the molecule is O=C(COCc1cccnc1)N1CCOCC1c1nc(-c2ccccc2)no1. The largest absolute Gasteiger partial charge is 0.377 e. The minimum absolute atomic E-state index is 0.0366. The van der Waals surface area contributed by atoms with Crippen molar-refractivity contribution in [3.05, 3.63) is 66.3 Å². The molecule has 0 N–H and O–H groups in total. The molecular weight excluding hydrogens is 360 g/mol. The number of carbonyl (C=O) groups is 1. The molecule has 144 valence electrons. The molecule has 1 unspecified atom stereocenters. The Morgan fingerprint density at radius 3 is 2.93 bits per heavy atom. The number of ether oxygens (including phenoxy) is 2. The molecule has 1 amide bonds. The van der Waals surface area contributed by atoms with Crippen LogP contribution in [0.3, 0.4) is 0 Å². The molecule has 4 rings (SSSR count). The third-order valence-electron chi connectivity index (χ3n) is 4.42. The molecule has 3 heterocycles. The Balaban J connectivity index is 1.41. The minimum atomic E-state index is -0.423. The van der Waals surface area contributed by atoms with Crippen LogP contribution in [-0.4, -0.2) is 52.3 Å². The molecule has 1 saturated heterocycles. The van der Waals surface area contributed by atoms with Gasteiger partial charge in [-0.1, -0.05) is 41.6 Å². The Morgan fingerprint density at radius 1 is 1.21 bits per heavy atom. The molecule has 2 aromatic heterocycles. The molecule has 8 heteroatoms. The number of benzene rings is 1. The molecule has 8 nitrogen and oxygen atoms in total. The van der Waals surface area contributed by atoms with Crippen LogP contribution in [0.2, 0.25) is 0 Å². The van der Waals surface area contributed by atoms with E-state index in [1.54, 1.807) is 17.3 Å². The lowest BCUT2D eigenvalue weighted by Gasteiger charge is -2.33. The van der Waals surface area contributed by atoms with E-state index in [-0.39, 0.29) is 12.5 Å². The van der Waals surface area contributed by atoms with Crippen molar-refractivity contribution in [3.8, 4) is 11.4 Å².